The van der Waals surface area contributed by atoms with Crippen LogP contribution in [0.2, 0.25) is 0 Å². The summed E-state index contributed by atoms with van der Waals surface area (Å²) in [5, 5.41) is 12.7. The molecule has 0 bridgehead atoms. The number of hydrogen-bond acceptors (Lipinski definition) is 6. The number of nitrogens with zero attached hydrogens (tertiary/aromatic N) is 2. The summed E-state index contributed by atoms with van der Waals surface area (Å²) in [5.74, 6) is -0.103. The number of hydrogen-bond donors (Lipinski definition) is 2. The highest BCUT2D eigenvalue weighted by atomic mass is 32.2. The summed E-state index contributed by atoms with van der Waals surface area (Å²) in [6.07, 6.45) is 2.62. The zero-order valence-electron chi connectivity index (χ0n) is 23.3. The standard InChI is InChI=1S/C32H41N3O3S/c1-25(2)34-19-21-35(22-20-34)30-17-13-28(14-18-30)32(31(10-7-23-36)26-8-5-4-6-9-26)27-11-15-29(16-12-27)33-24-39(3,37)38/h4-6,8-9,11-18,25,33,36H,7,10,19-24H2,1-3H3/b32-31-. The van der Waals surface area contributed by atoms with Crippen LogP contribution in [0.25, 0.3) is 11.1 Å². The van der Waals surface area contributed by atoms with Gasteiger partial charge in [0, 0.05) is 56.5 Å². The van der Waals surface area contributed by atoms with E-state index >= 15 is 0 Å². The van der Waals surface area contributed by atoms with E-state index in [1.165, 1.54) is 17.5 Å². The van der Waals surface area contributed by atoms with Gasteiger partial charge in [-0.05, 0) is 78.8 Å². The minimum absolute atomic E-state index is 0.103. The van der Waals surface area contributed by atoms with Gasteiger partial charge in [-0.1, -0.05) is 54.6 Å². The first-order valence-corrected chi connectivity index (χ1v) is 15.8. The fraction of sp³-hybridized carbons (Fsp3) is 0.375. The molecule has 39 heavy (non-hydrogen) atoms. The fourth-order valence-corrected chi connectivity index (χ4v) is 5.56. The van der Waals surface area contributed by atoms with Gasteiger partial charge in [0.1, 0.15) is 5.88 Å². The number of sulfone groups is 1. The Hall–Kier alpha value is -3.13. The molecule has 0 spiro atoms. The average Bonchev–Trinajstić information content (AvgIpc) is 2.95. The van der Waals surface area contributed by atoms with Crippen molar-refractivity contribution < 1.29 is 13.5 Å². The van der Waals surface area contributed by atoms with Crippen molar-refractivity contribution in [3.8, 4) is 0 Å². The predicted molar refractivity (Wildman–Crippen MR) is 164 cm³/mol. The maximum Gasteiger partial charge on any atom is 0.165 e. The van der Waals surface area contributed by atoms with Crippen LogP contribution in [-0.2, 0) is 9.84 Å². The smallest absolute Gasteiger partial charge is 0.165 e. The van der Waals surface area contributed by atoms with E-state index in [-0.39, 0.29) is 12.5 Å². The van der Waals surface area contributed by atoms with Gasteiger partial charge in [-0.15, -0.1) is 0 Å². The van der Waals surface area contributed by atoms with Crippen LogP contribution in [0.4, 0.5) is 11.4 Å². The maximum absolute atomic E-state index is 11.6. The second-order valence-corrected chi connectivity index (χ2v) is 12.7. The van der Waals surface area contributed by atoms with Crippen LogP contribution in [0.3, 0.4) is 0 Å². The predicted octanol–water partition coefficient (Wildman–Crippen LogP) is 5.36. The van der Waals surface area contributed by atoms with E-state index in [9.17, 15) is 13.5 Å². The molecular weight excluding hydrogens is 506 g/mol. The van der Waals surface area contributed by atoms with Crippen LogP contribution in [0.5, 0.6) is 0 Å². The summed E-state index contributed by atoms with van der Waals surface area (Å²) in [6, 6.07) is 27.7. The van der Waals surface area contributed by atoms with E-state index in [0.29, 0.717) is 12.5 Å². The van der Waals surface area contributed by atoms with Crippen molar-refractivity contribution in [1.82, 2.24) is 4.90 Å². The average molecular weight is 548 g/mol. The molecule has 2 N–H and O–H groups in total. The first kappa shape index (κ1) is 28.9. The normalized spacial score (nSPS) is 15.4. The van der Waals surface area contributed by atoms with Gasteiger partial charge >= 0.3 is 0 Å². The Balaban J connectivity index is 1.71. The number of benzene rings is 3. The van der Waals surface area contributed by atoms with Gasteiger partial charge < -0.3 is 15.3 Å². The molecule has 1 aliphatic heterocycles. The third kappa shape index (κ3) is 7.94. The first-order valence-electron chi connectivity index (χ1n) is 13.8. The van der Waals surface area contributed by atoms with Crippen LogP contribution in [0.1, 0.15) is 43.4 Å². The molecule has 3 aromatic rings. The summed E-state index contributed by atoms with van der Waals surface area (Å²) in [7, 11) is -3.12. The van der Waals surface area contributed by atoms with Gasteiger partial charge in [-0.3, -0.25) is 4.90 Å². The molecule has 4 rings (SSSR count). The van der Waals surface area contributed by atoms with Crippen molar-refractivity contribution in [2.24, 2.45) is 0 Å². The number of nitrogens with one attached hydrogen (secondary N) is 1. The molecule has 1 heterocycles. The molecule has 1 saturated heterocycles. The second kappa shape index (κ2) is 13.3. The van der Waals surface area contributed by atoms with Gasteiger partial charge in [-0.2, -0.15) is 0 Å². The molecule has 1 fully saturated rings. The van der Waals surface area contributed by atoms with Crippen LogP contribution in [0.15, 0.2) is 78.9 Å². The molecule has 0 aromatic heterocycles. The van der Waals surface area contributed by atoms with Gasteiger partial charge in [0.25, 0.3) is 0 Å². The van der Waals surface area contributed by atoms with Crippen molar-refractivity contribution >= 4 is 32.4 Å². The zero-order valence-corrected chi connectivity index (χ0v) is 24.1. The molecule has 6 nitrogen and oxygen atoms in total. The Bertz CT molecular complexity index is 1330. The van der Waals surface area contributed by atoms with Gasteiger partial charge in [-0.25, -0.2) is 8.42 Å². The number of allylic oxidation sites excluding steroid dienone is 1. The van der Waals surface area contributed by atoms with Crippen molar-refractivity contribution in [2.75, 3.05) is 55.1 Å². The lowest BCUT2D eigenvalue weighted by Gasteiger charge is -2.38. The molecule has 0 aliphatic carbocycles. The lowest BCUT2D eigenvalue weighted by molar-refractivity contribution is 0.209. The summed E-state index contributed by atoms with van der Waals surface area (Å²) in [4.78, 5) is 4.98. The Kier molecular flexibility index (Phi) is 9.83. The van der Waals surface area contributed by atoms with Gasteiger partial charge in [0.2, 0.25) is 0 Å². The molecule has 0 atom stereocenters. The molecule has 7 heteroatoms. The largest absolute Gasteiger partial charge is 0.396 e. The summed E-state index contributed by atoms with van der Waals surface area (Å²) in [6.45, 7) is 8.83. The lowest BCUT2D eigenvalue weighted by Crippen LogP contribution is -2.48. The number of aliphatic hydroxyl groups excluding tert-OH is 1. The Morgan fingerprint density at radius 1 is 0.846 bits per heavy atom. The van der Waals surface area contributed by atoms with E-state index in [2.05, 4.69) is 65.4 Å². The van der Waals surface area contributed by atoms with E-state index < -0.39 is 9.84 Å². The number of anilines is 2. The van der Waals surface area contributed by atoms with Crippen molar-refractivity contribution in [3.05, 3.63) is 95.6 Å². The third-order valence-corrected chi connectivity index (χ3v) is 7.96. The lowest BCUT2D eigenvalue weighted by atomic mass is 9.87. The molecule has 0 saturated carbocycles. The molecule has 0 unspecified atom stereocenters. The zero-order chi connectivity index (χ0) is 27.8. The monoisotopic (exact) mass is 547 g/mol. The Morgan fingerprint density at radius 3 is 1.97 bits per heavy atom. The molecule has 3 aromatic carbocycles. The molecule has 208 valence electrons. The molecule has 0 amide bonds. The van der Waals surface area contributed by atoms with Gasteiger partial charge in [0.05, 0.1) is 0 Å². The van der Waals surface area contributed by atoms with E-state index in [4.69, 9.17) is 0 Å². The molecule has 1 aliphatic rings. The van der Waals surface area contributed by atoms with E-state index in [1.54, 1.807) is 0 Å². The Morgan fingerprint density at radius 2 is 1.44 bits per heavy atom. The van der Waals surface area contributed by atoms with Crippen LogP contribution in [-0.4, -0.2) is 69.4 Å². The number of aliphatic hydroxyl groups is 1. The third-order valence-electron chi connectivity index (χ3n) is 7.29. The van der Waals surface area contributed by atoms with Crippen molar-refractivity contribution in [1.29, 1.82) is 0 Å². The maximum atomic E-state index is 11.6. The summed E-state index contributed by atoms with van der Waals surface area (Å²) < 4.78 is 23.2. The first-order chi connectivity index (χ1) is 18.7. The topological polar surface area (TPSA) is 72.9 Å². The summed E-state index contributed by atoms with van der Waals surface area (Å²) in [5.41, 5.74) is 7.60. The highest BCUT2D eigenvalue weighted by Crippen LogP contribution is 2.36. The number of piperazine rings is 1. The van der Waals surface area contributed by atoms with Crippen molar-refractivity contribution in [3.63, 3.8) is 0 Å². The van der Waals surface area contributed by atoms with E-state index in [1.807, 2.05) is 42.5 Å². The SMILES string of the molecule is CC(C)N1CCN(c2ccc(/C(=C(/CCCO)c3ccccc3)c3ccc(NCS(C)(=O)=O)cc3)cc2)CC1. The van der Waals surface area contributed by atoms with E-state index in [0.717, 1.165) is 60.6 Å². The minimum Gasteiger partial charge on any atom is -0.396 e. The summed E-state index contributed by atoms with van der Waals surface area (Å²) >= 11 is 0. The van der Waals surface area contributed by atoms with Gasteiger partial charge in [0.15, 0.2) is 9.84 Å². The van der Waals surface area contributed by atoms with Crippen LogP contribution in [0, 0.1) is 0 Å². The molecular formula is C32H41N3O3S. The van der Waals surface area contributed by atoms with Crippen molar-refractivity contribution in [2.45, 2.75) is 32.7 Å². The number of rotatable bonds is 11. The highest BCUT2D eigenvalue weighted by Gasteiger charge is 2.20. The molecule has 0 radical (unpaired) electrons. The quantitative estimate of drug-likeness (QED) is 0.315. The van der Waals surface area contributed by atoms with Crippen LogP contribution < -0.4 is 10.2 Å². The Labute approximate surface area is 233 Å². The fourth-order valence-electron chi connectivity index (χ4n) is 5.13. The second-order valence-electron chi connectivity index (χ2n) is 10.5. The highest BCUT2D eigenvalue weighted by molar-refractivity contribution is 7.90. The van der Waals surface area contributed by atoms with Crippen LogP contribution >= 0.6 is 0 Å². The minimum atomic E-state index is -3.12.